The number of benzene rings is 1. The van der Waals surface area contributed by atoms with Crippen molar-refractivity contribution < 1.29 is 27.9 Å². The van der Waals surface area contributed by atoms with Crippen LogP contribution in [0, 0.1) is 5.92 Å². The zero-order chi connectivity index (χ0) is 25.3. The zero-order valence-corrected chi connectivity index (χ0v) is 21.7. The molecule has 2 aliphatic heterocycles. The Labute approximate surface area is 209 Å². The van der Waals surface area contributed by atoms with E-state index in [0.717, 1.165) is 31.7 Å². The monoisotopic (exact) mass is 512 g/mol. The van der Waals surface area contributed by atoms with Crippen molar-refractivity contribution in [3.05, 3.63) is 29.8 Å². The van der Waals surface area contributed by atoms with Gasteiger partial charge in [-0.1, -0.05) is 12.1 Å². The van der Waals surface area contributed by atoms with Crippen LogP contribution in [0.25, 0.3) is 0 Å². The Morgan fingerprint density at radius 3 is 2.46 bits per heavy atom. The van der Waals surface area contributed by atoms with Crippen LogP contribution in [0.5, 0.6) is 0 Å². The molecule has 2 saturated heterocycles. The van der Waals surface area contributed by atoms with Gasteiger partial charge in [-0.3, -0.25) is 14.9 Å². The molecule has 11 heteroatoms. The lowest BCUT2D eigenvalue weighted by Crippen LogP contribution is -2.56. The fourth-order valence-corrected chi connectivity index (χ4v) is 6.82. The third-order valence-corrected chi connectivity index (χ3v) is 9.13. The van der Waals surface area contributed by atoms with E-state index >= 15 is 0 Å². The summed E-state index contributed by atoms with van der Waals surface area (Å²) in [4.78, 5) is 16.2. The molecule has 2 unspecified atom stereocenters. The molecule has 198 valence electrons. The fraction of sp³-hybridized carbons (Fsp3) is 0.708. The molecule has 10 nitrogen and oxygen atoms in total. The highest BCUT2D eigenvalue weighted by molar-refractivity contribution is 7.89. The van der Waals surface area contributed by atoms with Gasteiger partial charge in [0.05, 0.1) is 17.8 Å². The minimum absolute atomic E-state index is 0.198. The first-order valence-electron chi connectivity index (χ1n) is 12.4. The second kappa shape index (κ2) is 13.5. The molecule has 3 rings (SSSR count). The predicted octanol–water partition coefficient (Wildman–Crippen LogP) is 0.950. The first-order valence-corrected chi connectivity index (χ1v) is 13.9. The van der Waals surface area contributed by atoms with Gasteiger partial charge in [0.25, 0.3) is 0 Å². The molecule has 0 radical (unpaired) electrons. The summed E-state index contributed by atoms with van der Waals surface area (Å²) in [5.41, 5.74) is 4.06. The van der Waals surface area contributed by atoms with Crippen LogP contribution in [0.2, 0.25) is 0 Å². The van der Waals surface area contributed by atoms with Crippen molar-refractivity contribution in [3.8, 4) is 0 Å². The number of aryl methyl sites for hydroxylation is 1. The number of hydrogen-bond donors (Lipinski definition) is 2. The van der Waals surface area contributed by atoms with E-state index in [-0.39, 0.29) is 6.42 Å². The van der Waals surface area contributed by atoms with Crippen molar-refractivity contribution in [1.29, 1.82) is 0 Å². The van der Waals surface area contributed by atoms with Gasteiger partial charge in [-0.15, -0.1) is 0 Å². The number of methoxy groups -OCH3 is 1. The molecule has 0 saturated carbocycles. The summed E-state index contributed by atoms with van der Waals surface area (Å²) in [7, 11) is -2.01. The predicted molar refractivity (Wildman–Crippen MR) is 134 cm³/mol. The van der Waals surface area contributed by atoms with Gasteiger partial charge in [0.15, 0.2) is 0 Å². The Kier molecular flexibility index (Phi) is 10.7. The molecule has 2 N–H and O–H groups in total. The van der Waals surface area contributed by atoms with Crippen molar-refractivity contribution in [2.45, 2.75) is 31.4 Å². The number of nitrogens with zero attached hydrogens (tertiary/aromatic N) is 3. The van der Waals surface area contributed by atoms with E-state index in [1.165, 1.54) is 5.56 Å². The average Bonchev–Trinajstić information content (AvgIpc) is 2.89. The summed E-state index contributed by atoms with van der Waals surface area (Å²) < 4.78 is 39.1. The Morgan fingerprint density at radius 1 is 1.11 bits per heavy atom. The number of amides is 1. The fourth-order valence-electron chi connectivity index (χ4n) is 4.85. The highest BCUT2D eigenvalue weighted by Crippen LogP contribution is 2.26. The summed E-state index contributed by atoms with van der Waals surface area (Å²) in [6.07, 6.45) is 2.17. The number of likely N-dealkylation sites (tertiary alicyclic amines) is 1. The number of hydrogen-bond acceptors (Lipinski definition) is 8. The first-order chi connectivity index (χ1) is 16.9. The number of carbonyl (C=O) groups excluding carboxylic acids is 1. The third-order valence-electron chi connectivity index (χ3n) is 6.86. The smallest absolute Gasteiger partial charge is 0.247 e. The maximum atomic E-state index is 13.5. The quantitative estimate of drug-likeness (QED) is 0.242. The summed E-state index contributed by atoms with van der Waals surface area (Å²) in [5, 5.41) is 8.40. The standard InChI is InChI=1S/C24H40N4O6S/c1-3-34-15-4-5-20-6-8-22(9-7-20)27-10-12-28(13-11-27)35(31,32)23-17-21(24(29)25-30)18-26(19-23)14-16-33-2/h6-9,21,23,30H,3-5,10-19H2,1-2H3,(H,25,29). The highest BCUT2D eigenvalue weighted by atomic mass is 32.2. The molecule has 1 amide bonds. The Hall–Kier alpha value is -1.76. The minimum Gasteiger partial charge on any atom is -0.383 e. The molecule has 0 aliphatic carbocycles. The normalized spacial score (nSPS) is 22.3. The van der Waals surface area contributed by atoms with Crippen LogP contribution in [0.1, 0.15) is 25.3 Å². The van der Waals surface area contributed by atoms with Crippen molar-refractivity contribution in [2.75, 3.05) is 77.6 Å². The van der Waals surface area contributed by atoms with Crippen LogP contribution in [0.3, 0.4) is 0 Å². The van der Waals surface area contributed by atoms with E-state index < -0.39 is 27.1 Å². The number of anilines is 1. The lowest BCUT2D eigenvalue weighted by Gasteiger charge is -2.41. The average molecular weight is 513 g/mol. The number of sulfonamides is 1. The number of hydroxylamine groups is 1. The van der Waals surface area contributed by atoms with E-state index in [1.807, 2.05) is 11.8 Å². The Balaban J connectivity index is 1.57. The van der Waals surface area contributed by atoms with Gasteiger partial charge in [0.2, 0.25) is 15.9 Å². The molecule has 2 fully saturated rings. The highest BCUT2D eigenvalue weighted by Gasteiger charge is 2.41. The van der Waals surface area contributed by atoms with Gasteiger partial charge in [-0.2, -0.15) is 4.31 Å². The number of piperidine rings is 1. The minimum atomic E-state index is -3.59. The molecule has 2 atom stereocenters. The van der Waals surface area contributed by atoms with Crippen molar-refractivity contribution in [1.82, 2.24) is 14.7 Å². The van der Waals surface area contributed by atoms with E-state index in [4.69, 9.17) is 14.7 Å². The van der Waals surface area contributed by atoms with Crippen LogP contribution in [0.15, 0.2) is 24.3 Å². The van der Waals surface area contributed by atoms with Crippen LogP contribution >= 0.6 is 0 Å². The van der Waals surface area contributed by atoms with E-state index in [1.54, 1.807) is 16.9 Å². The van der Waals surface area contributed by atoms with Crippen molar-refractivity contribution in [2.24, 2.45) is 5.92 Å². The summed E-state index contributed by atoms with van der Waals surface area (Å²) >= 11 is 0. The van der Waals surface area contributed by atoms with Gasteiger partial charge in [0, 0.05) is 71.8 Å². The number of piperazine rings is 1. The molecule has 0 aromatic heterocycles. The number of carbonyl (C=O) groups is 1. The van der Waals surface area contributed by atoms with Crippen LogP contribution < -0.4 is 10.4 Å². The summed E-state index contributed by atoms with van der Waals surface area (Å²) in [5.74, 6) is -1.13. The third kappa shape index (κ3) is 7.61. The molecule has 1 aromatic carbocycles. The van der Waals surface area contributed by atoms with E-state index in [9.17, 15) is 13.2 Å². The Bertz CT molecular complexity index is 890. The molecular formula is C24H40N4O6S. The van der Waals surface area contributed by atoms with Crippen molar-refractivity contribution >= 4 is 21.6 Å². The van der Waals surface area contributed by atoms with E-state index in [2.05, 4.69) is 29.2 Å². The SMILES string of the molecule is CCOCCCc1ccc(N2CCN(S(=O)(=O)C3CC(C(=O)NO)CN(CCOC)C3)CC2)cc1. The van der Waals surface area contributed by atoms with Crippen LogP contribution in [0.4, 0.5) is 5.69 Å². The largest absolute Gasteiger partial charge is 0.383 e. The molecule has 35 heavy (non-hydrogen) atoms. The molecule has 0 spiro atoms. The molecule has 2 aliphatic rings. The topological polar surface area (TPSA) is 112 Å². The molecule has 1 aromatic rings. The Morgan fingerprint density at radius 2 is 1.83 bits per heavy atom. The van der Waals surface area contributed by atoms with Gasteiger partial charge >= 0.3 is 0 Å². The molecular weight excluding hydrogens is 472 g/mol. The summed E-state index contributed by atoms with van der Waals surface area (Å²) in [6.45, 7) is 7.29. The zero-order valence-electron chi connectivity index (χ0n) is 20.9. The number of ether oxygens (including phenoxy) is 2. The van der Waals surface area contributed by atoms with Gasteiger partial charge in [-0.25, -0.2) is 13.9 Å². The first kappa shape index (κ1) is 27.8. The molecule has 0 bridgehead atoms. The molecule has 2 heterocycles. The maximum absolute atomic E-state index is 13.5. The summed E-state index contributed by atoms with van der Waals surface area (Å²) in [6, 6.07) is 8.47. The van der Waals surface area contributed by atoms with Gasteiger partial charge < -0.3 is 14.4 Å². The second-order valence-electron chi connectivity index (χ2n) is 9.18. The number of rotatable bonds is 12. The van der Waals surface area contributed by atoms with Crippen LogP contribution in [-0.2, 0) is 30.7 Å². The van der Waals surface area contributed by atoms with E-state index in [0.29, 0.717) is 52.4 Å². The van der Waals surface area contributed by atoms with Gasteiger partial charge in [-0.05, 0) is 43.9 Å². The van der Waals surface area contributed by atoms with Gasteiger partial charge in [0.1, 0.15) is 0 Å². The van der Waals surface area contributed by atoms with Crippen molar-refractivity contribution in [3.63, 3.8) is 0 Å². The number of nitrogens with one attached hydrogen (secondary N) is 1. The second-order valence-corrected chi connectivity index (χ2v) is 11.4. The lowest BCUT2D eigenvalue weighted by atomic mass is 9.97. The van der Waals surface area contributed by atoms with Crippen LogP contribution in [-0.4, -0.2) is 107 Å². The lowest BCUT2D eigenvalue weighted by molar-refractivity contribution is -0.135. The maximum Gasteiger partial charge on any atom is 0.247 e.